The second-order valence-electron chi connectivity index (χ2n) is 17.0. The minimum absolute atomic E-state index is 0.0569. The zero-order valence-electron chi connectivity index (χ0n) is 33.1. The third-order valence-corrected chi connectivity index (χ3v) is 11.8. The maximum absolute atomic E-state index is 13.6. The normalized spacial score (nSPS) is 23.6. The molecule has 56 heavy (non-hydrogen) atoms. The van der Waals surface area contributed by atoms with Gasteiger partial charge < -0.3 is 35.3 Å². The predicted molar refractivity (Wildman–Crippen MR) is 216 cm³/mol. The van der Waals surface area contributed by atoms with Crippen molar-refractivity contribution in [2.75, 3.05) is 13.7 Å². The molecule has 12 heteroatoms. The fraction of sp³-hybridized carbons (Fsp3) is 0.455. The first-order chi connectivity index (χ1) is 26.9. The number of rotatable bonds is 8. The van der Waals surface area contributed by atoms with E-state index in [1.54, 1.807) is 0 Å². The number of nitrogens with zero attached hydrogens (tertiary/aromatic N) is 3. The number of carbonyl (C=O) groups is 3. The lowest BCUT2D eigenvalue weighted by Crippen LogP contribution is -2.57. The van der Waals surface area contributed by atoms with Crippen LogP contribution >= 0.6 is 0 Å². The number of nitrogens with one attached hydrogen (secondary N) is 4. The van der Waals surface area contributed by atoms with Gasteiger partial charge in [-0.2, -0.15) is 0 Å². The highest BCUT2D eigenvalue weighted by atomic mass is 16.6. The first kappa shape index (κ1) is 37.4. The molecule has 3 fully saturated rings. The van der Waals surface area contributed by atoms with Crippen LogP contribution in [0.3, 0.4) is 0 Å². The maximum atomic E-state index is 13.6. The maximum Gasteiger partial charge on any atom is 0.411 e. The van der Waals surface area contributed by atoms with Gasteiger partial charge in [0.05, 0.1) is 36.8 Å². The van der Waals surface area contributed by atoms with Crippen LogP contribution in [0.4, 0.5) is 9.59 Å². The predicted octanol–water partition coefficient (Wildman–Crippen LogP) is 7.55. The Morgan fingerprint density at radius 3 is 2.32 bits per heavy atom. The molecule has 294 valence electrons. The molecule has 4 N–H and O–H groups in total. The third-order valence-electron chi connectivity index (χ3n) is 11.8. The summed E-state index contributed by atoms with van der Waals surface area (Å²) < 4.78 is 10.6. The van der Waals surface area contributed by atoms with Gasteiger partial charge in [-0.15, -0.1) is 0 Å². The van der Waals surface area contributed by atoms with E-state index < -0.39 is 17.7 Å². The number of aromatic amines is 1. The van der Waals surface area contributed by atoms with Crippen molar-refractivity contribution in [1.82, 2.24) is 35.7 Å². The molecule has 0 spiro atoms. The number of piperidine rings is 1. The molecule has 3 aromatic carbocycles. The van der Waals surface area contributed by atoms with E-state index in [4.69, 9.17) is 14.5 Å². The lowest BCUT2D eigenvalue weighted by Gasteiger charge is -2.35. The average Bonchev–Trinajstić information content (AvgIpc) is 4.04. The van der Waals surface area contributed by atoms with E-state index in [1.807, 2.05) is 56.8 Å². The van der Waals surface area contributed by atoms with Crippen molar-refractivity contribution in [1.29, 1.82) is 0 Å². The van der Waals surface area contributed by atoms with E-state index in [9.17, 15) is 14.4 Å². The molecule has 1 unspecified atom stereocenters. The Hall–Kier alpha value is -5.52. The third kappa shape index (κ3) is 7.29. The van der Waals surface area contributed by atoms with Crippen LogP contribution in [0.25, 0.3) is 38.9 Å². The molecule has 4 aliphatic rings. The number of methoxy groups -OCH3 is 1. The number of ether oxygens (including phenoxy) is 2. The lowest BCUT2D eigenvalue weighted by atomic mass is 9.98. The van der Waals surface area contributed by atoms with Gasteiger partial charge in [-0.3, -0.25) is 9.69 Å². The highest BCUT2D eigenvalue weighted by Crippen LogP contribution is 2.50. The summed E-state index contributed by atoms with van der Waals surface area (Å²) in [6.07, 6.45) is 7.75. The quantitative estimate of drug-likeness (QED) is 0.144. The number of likely N-dealkylation sites (tertiary alicyclic amines) is 2. The van der Waals surface area contributed by atoms with E-state index in [2.05, 4.69) is 81.6 Å². The fourth-order valence-corrected chi connectivity index (χ4v) is 9.07. The Morgan fingerprint density at radius 2 is 1.61 bits per heavy atom. The fourth-order valence-electron chi connectivity index (χ4n) is 9.07. The summed E-state index contributed by atoms with van der Waals surface area (Å²) >= 11 is 0. The minimum Gasteiger partial charge on any atom is -0.453 e. The Bertz CT molecular complexity index is 2150. The molecule has 12 nitrogen and oxygen atoms in total. The molecule has 4 heterocycles. The van der Waals surface area contributed by atoms with E-state index >= 15 is 0 Å². The number of hydrogen-bond donors (Lipinski definition) is 4. The standard InChI is InChI=1S/C44H53N7O5/c1-25(2)37(49-42(53)55-6)41(52)50-19-7-8-36(50)39-45-24-35(47-39)31-16-15-29-20-28(13-14-30(29)21-31)26-9-11-27(12-10-26)34-23-46-40(48-34)38-32-17-18-33(22-32)51(38)43(54)56-44(3,4)5/h9-16,20-21,23-25,32-33,36-39,45,47H,7-8,17-19,22H2,1-6H3,(H,46,48)(H,49,53)/t32-,33+,36-,37-,38-,39?/m0/s1. The van der Waals surface area contributed by atoms with E-state index in [-0.39, 0.29) is 42.2 Å². The van der Waals surface area contributed by atoms with Crippen molar-refractivity contribution in [3.8, 4) is 22.4 Å². The van der Waals surface area contributed by atoms with Crippen molar-refractivity contribution in [2.45, 2.75) is 103 Å². The first-order valence-corrected chi connectivity index (χ1v) is 20.0. The SMILES string of the molecule is COC(=O)N[C@H](C(=O)N1CCC[C@H]1C1NC=C(c2ccc3cc(-c4ccc(-c5cnc([C@@H]6[C@H]7CC[C@H](C7)N6C(=O)OC(C)(C)C)[nH]5)cc4)ccc3c2)N1)C(C)C. The number of amides is 3. The average molecular weight is 760 g/mol. The molecule has 3 aliphatic heterocycles. The van der Waals surface area contributed by atoms with Gasteiger partial charge in [0.1, 0.15) is 23.6 Å². The molecule has 3 amide bonds. The van der Waals surface area contributed by atoms with E-state index in [0.29, 0.717) is 12.5 Å². The van der Waals surface area contributed by atoms with Crippen molar-refractivity contribution in [3.63, 3.8) is 0 Å². The molecule has 6 atom stereocenters. The Morgan fingerprint density at radius 1 is 0.911 bits per heavy atom. The second kappa shape index (κ2) is 14.9. The highest BCUT2D eigenvalue weighted by Gasteiger charge is 2.51. The summed E-state index contributed by atoms with van der Waals surface area (Å²) in [5.41, 5.74) is 5.71. The number of carbonyl (C=O) groups excluding carboxylic acids is 3. The Labute approximate surface area is 328 Å². The number of imidazole rings is 1. The van der Waals surface area contributed by atoms with Gasteiger partial charge in [0.25, 0.3) is 0 Å². The summed E-state index contributed by atoms with van der Waals surface area (Å²) in [7, 11) is 1.31. The minimum atomic E-state index is -0.651. The molecular weight excluding hydrogens is 707 g/mol. The number of hydrogen-bond acceptors (Lipinski definition) is 8. The van der Waals surface area contributed by atoms with Crippen molar-refractivity contribution < 1.29 is 23.9 Å². The van der Waals surface area contributed by atoms with Crippen LogP contribution in [0.15, 0.2) is 73.1 Å². The summed E-state index contributed by atoms with van der Waals surface area (Å²) in [5.74, 6) is 1.05. The van der Waals surface area contributed by atoms with Crippen LogP contribution in [0.2, 0.25) is 0 Å². The number of fused-ring (bicyclic) bond motifs is 3. The van der Waals surface area contributed by atoms with E-state index in [1.165, 1.54) is 7.11 Å². The highest BCUT2D eigenvalue weighted by molar-refractivity contribution is 5.90. The monoisotopic (exact) mass is 759 g/mol. The molecule has 1 aliphatic carbocycles. The summed E-state index contributed by atoms with van der Waals surface area (Å²) in [4.78, 5) is 51.0. The van der Waals surface area contributed by atoms with Gasteiger partial charge in [-0.25, -0.2) is 14.6 Å². The summed E-state index contributed by atoms with van der Waals surface area (Å²) in [6.45, 7) is 10.2. The van der Waals surface area contributed by atoms with Crippen LogP contribution in [0.5, 0.6) is 0 Å². The van der Waals surface area contributed by atoms with Crippen molar-refractivity contribution in [2.24, 2.45) is 11.8 Å². The topological polar surface area (TPSA) is 141 Å². The zero-order chi connectivity index (χ0) is 39.3. The van der Waals surface area contributed by atoms with Gasteiger partial charge in [-0.05, 0) is 110 Å². The Balaban J connectivity index is 0.925. The molecular formula is C44H53N7O5. The smallest absolute Gasteiger partial charge is 0.411 e. The summed E-state index contributed by atoms with van der Waals surface area (Å²) in [5, 5.41) is 12.1. The van der Waals surface area contributed by atoms with Crippen molar-refractivity contribution in [3.05, 3.63) is 84.4 Å². The molecule has 2 bridgehead atoms. The molecule has 8 rings (SSSR count). The molecule has 2 saturated heterocycles. The first-order valence-electron chi connectivity index (χ1n) is 20.0. The number of benzene rings is 3. The lowest BCUT2D eigenvalue weighted by molar-refractivity contribution is -0.135. The zero-order valence-corrected chi connectivity index (χ0v) is 33.1. The molecule has 4 aromatic rings. The number of H-pyrrole nitrogens is 1. The number of alkyl carbamates (subject to hydrolysis) is 1. The largest absolute Gasteiger partial charge is 0.453 e. The van der Waals surface area contributed by atoms with Crippen LogP contribution < -0.4 is 16.0 Å². The van der Waals surface area contributed by atoms with Gasteiger partial charge >= 0.3 is 12.2 Å². The van der Waals surface area contributed by atoms with Crippen LogP contribution in [-0.2, 0) is 14.3 Å². The van der Waals surface area contributed by atoms with E-state index in [0.717, 1.165) is 82.3 Å². The van der Waals surface area contributed by atoms with Crippen LogP contribution in [0, 0.1) is 11.8 Å². The van der Waals surface area contributed by atoms with Crippen LogP contribution in [0.1, 0.15) is 84.2 Å². The summed E-state index contributed by atoms with van der Waals surface area (Å²) in [6, 6.07) is 20.9. The molecule has 1 aromatic heterocycles. The molecule has 1 saturated carbocycles. The molecule has 0 radical (unpaired) electrons. The van der Waals surface area contributed by atoms with Gasteiger partial charge in [0.15, 0.2) is 0 Å². The van der Waals surface area contributed by atoms with Gasteiger partial charge in [0, 0.05) is 18.8 Å². The van der Waals surface area contributed by atoms with Gasteiger partial charge in [0.2, 0.25) is 5.91 Å². The second-order valence-corrected chi connectivity index (χ2v) is 17.0. The van der Waals surface area contributed by atoms with Gasteiger partial charge in [-0.1, -0.05) is 62.4 Å². The number of aromatic nitrogens is 2. The van der Waals surface area contributed by atoms with Crippen molar-refractivity contribution >= 4 is 34.6 Å². The van der Waals surface area contributed by atoms with Crippen LogP contribution in [-0.4, -0.2) is 81.4 Å². The Kier molecular flexibility index (Phi) is 9.92.